The summed E-state index contributed by atoms with van der Waals surface area (Å²) in [5.41, 5.74) is 0. The molecule has 0 aromatic rings. The second kappa shape index (κ2) is 45.6. The first kappa shape index (κ1) is 61.4. The number of hydrogen-bond donors (Lipinski definition) is 2. The van der Waals surface area contributed by atoms with Gasteiger partial charge in [-0.3, -0.25) is 9.36 Å². The zero-order valence-corrected chi connectivity index (χ0v) is 42.6. The van der Waals surface area contributed by atoms with Crippen LogP contribution in [0.4, 0.5) is 0 Å². The van der Waals surface area contributed by atoms with Crippen LogP contribution in [0.2, 0.25) is 0 Å². The van der Waals surface area contributed by atoms with Crippen molar-refractivity contribution in [3.63, 3.8) is 0 Å². The number of amides is 1. The summed E-state index contributed by atoms with van der Waals surface area (Å²) in [7, 11) is 1.25. The number of unbranched alkanes of at least 4 members (excludes halogenated alkanes) is 18. The molecule has 3 unspecified atom stereocenters. The Labute approximate surface area is 394 Å². The van der Waals surface area contributed by atoms with E-state index in [-0.39, 0.29) is 19.1 Å². The molecule has 0 aliphatic heterocycles. The van der Waals surface area contributed by atoms with E-state index in [0.29, 0.717) is 17.4 Å². The van der Waals surface area contributed by atoms with Crippen molar-refractivity contribution in [2.45, 2.75) is 206 Å². The molecule has 9 heteroatoms. The summed E-state index contributed by atoms with van der Waals surface area (Å²) in [5, 5.41) is 13.7. The minimum absolute atomic E-state index is 0.00538. The molecule has 8 nitrogen and oxygen atoms in total. The SMILES string of the molecule is CC/C=C\C/C=C\C/C=C\C/C=C\C/C=C\C/C=C\C/C=C\CCCCCCCCCCCCCCCC(=O)NC(COP(=O)([O-])OCC[N+](C)(C)C)C(O)/C=C/CCCCCCC. The normalized spacial score (nSPS) is 14.9. The van der Waals surface area contributed by atoms with Gasteiger partial charge in [0, 0.05) is 6.42 Å². The predicted octanol–water partition coefficient (Wildman–Crippen LogP) is 14.5. The maximum Gasteiger partial charge on any atom is 0.268 e. The van der Waals surface area contributed by atoms with E-state index >= 15 is 0 Å². The second-order valence-corrected chi connectivity index (χ2v) is 19.6. The molecule has 0 spiro atoms. The van der Waals surface area contributed by atoms with Gasteiger partial charge in [0.2, 0.25) is 5.91 Å². The Balaban J connectivity index is 3.97. The summed E-state index contributed by atoms with van der Waals surface area (Å²) in [4.78, 5) is 25.2. The van der Waals surface area contributed by atoms with Gasteiger partial charge in [-0.15, -0.1) is 0 Å². The molecule has 0 rings (SSSR count). The van der Waals surface area contributed by atoms with Crippen molar-refractivity contribution >= 4 is 13.7 Å². The summed E-state index contributed by atoms with van der Waals surface area (Å²) in [5.74, 6) is -0.208. The molecule has 0 heterocycles. The number of nitrogens with zero attached hydrogens (tertiary/aromatic N) is 1. The molecule has 2 N–H and O–H groups in total. The zero-order chi connectivity index (χ0) is 47.1. The van der Waals surface area contributed by atoms with E-state index in [1.54, 1.807) is 6.08 Å². The van der Waals surface area contributed by atoms with Crippen molar-refractivity contribution in [2.24, 2.45) is 0 Å². The Bertz CT molecular complexity index is 1360. The highest BCUT2D eigenvalue weighted by molar-refractivity contribution is 7.45. The first-order valence-corrected chi connectivity index (χ1v) is 27.1. The van der Waals surface area contributed by atoms with Crippen LogP contribution in [-0.4, -0.2) is 68.5 Å². The van der Waals surface area contributed by atoms with Gasteiger partial charge < -0.3 is 28.8 Å². The molecule has 0 aromatic carbocycles. The van der Waals surface area contributed by atoms with Crippen LogP contribution in [-0.2, 0) is 18.4 Å². The summed E-state index contributed by atoms with van der Waals surface area (Å²) < 4.78 is 23.1. The van der Waals surface area contributed by atoms with E-state index in [0.717, 1.165) is 83.5 Å². The van der Waals surface area contributed by atoms with Gasteiger partial charge in [0.25, 0.3) is 7.82 Å². The first-order valence-electron chi connectivity index (χ1n) is 25.6. The summed E-state index contributed by atoms with van der Waals surface area (Å²) in [6.07, 6.45) is 65.0. The molecule has 0 saturated carbocycles. The fraction of sp³-hybridized carbons (Fsp3) is 0.691. The predicted molar refractivity (Wildman–Crippen MR) is 274 cm³/mol. The van der Waals surface area contributed by atoms with Crippen molar-refractivity contribution in [2.75, 3.05) is 40.9 Å². The lowest BCUT2D eigenvalue weighted by Crippen LogP contribution is -2.45. The van der Waals surface area contributed by atoms with E-state index in [1.807, 2.05) is 27.2 Å². The minimum Gasteiger partial charge on any atom is -0.756 e. The van der Waals surface area contributed by atoms with Crippen molar-refractivity contribution < 1.29 is 32.9 Å². The molecule has 368 valence electrons. The van der Waals surface area contributed by atoms with Gasteiger partial charge in [0.05, 0.1) is 39.9 Å². The third-order valence-electron chi connectivity index (χ3n) is 10.8. The van der Waals surface area contributed by atoms with Crippen molar-refractivity contribution in [1.29, 1.82) is 0 Å². The van der Waals surface area contributed by atoms with Gasteiger partial charge in [-0.05, 0) is 77.0 Å². The van der Waals surface area contributed by atoms with Gasteiger partial charge in [0.15, 0.2) is 0 Å². The molecule has 3 atom stereocenters. The van der Waals surface area contributed by atoms with E-state index in [2.05, 4.69) is 104 Å². The van der Waals surface area contributed by atoms with Gasteiger partial charge in [0.1, 0.15) is 13.2 Å². The molecule has 1 amide bonds. The standard InChI is InChI=1S/C55H97N2O6P/c1-6-8-10-12-14-15-16-17-18-19-20-21-22-23-24-25-26-27-28-29-30-31-32-33-34-35-36-37-38-39-40-41-43-45-47-49-55(59)56-53(54(58)48-46-44-42-13-11-9-7-2)52-63-64(60,61)62-51-50-57(3,4)5/h8,10,14-15,17-18,20-21,23-24,26-27,29-30,46,48,53-54,58H,6-7,9,11-13,16,19,22,25,28,31-45,47,49-52H2,1-5H3,(H-,56,59,60,61)/b10-8-,15-14-,18-17-,21-20-,24-23-,27-26-,30-29-,48-46+. The number of nitrogens with one attached hydrogen (secondary N) is 1. The number of aliphatic hydroxyl groups is 1. The second-order valence-electron chi connectivity index (χ2n) is 18.1. The fourth-order valence-corrected chi connectivity index (χ4v) is 7.50. The zero-order valence-electron chi connectivity index (χ0n) is 41.7. The fourth-order valence-electron chi connectivity index (χ4n) is 6.78. The molecule has 0 radical (unpaired) electrons. The highest BCUT2D eigenvalue weighted by atomic mass is 31.2. The van der Waals surface area contributed by atoms with Crippen LogP contribution in [0.15, 0.2) is 97.2 Å². The van der Waals surface area contributed by atoms with E-state index < -0.39 is 20.0 Å². The van der Waals surface area contributed by atoms with Crippen LogP contribution in [0.1, 0.15) is 194 Å². The third kappa shape index (κ3) is 47.4. The highest BCUT2D eigenvalue weighted by Crippen LogP contribution is 2.38. The maximum atomic E-state index is 12.8. The number of hydrogen-bond acceptors (Lipinski definition) is 6. The maximum absolute atomic E-state index is 12.8. The summed E-state index contributed by atoms with van der Waals surface area (Å²) in [6, 6.07) is -0.889. The number of rotatable bonds is 45. The van der Waals surface area contributed by atoms with Crippen LogP contribution in [0.25, 0.3) is 0 Å². The third-order valence-corrected chi connectivity index (χ3v) is 11.8. The van der Waals surface area contributed by atoms with Crippen LogP contribution in [0.5, 0.6) is 0 Å². The van der Waals surface area contributed by atoms with Crippen LogP contribution < -0.4 is 10.2 Å². The van der Waals surface area contributed by atoms with E-state index in [4.69, 9.17) is 9.05 Å². The lowest BCUT2D eigenvalue weighted by molar-refractivity contribution is -0.870. The van der Waals surface area contributed by atoms with Gasteiger partial charge in [-0.2, -0.15) is 0 Å². The van der Waals surface area contributed by atoms with Gasteiger partial charge >= 0.3 is 0 Å². The van der Waals surface area contributed by atoms with E-state index in [9.17, 15) is 19.4 Å². The molecule has 0 fully saturated rings. The Kier molecular flexibility index (Phi) is 43.7. The van der Waals surface area contributed by atoms with Gasteiger partial charge in [-0.1, -0.05) is 207 Å². The number of phosphoric ester groups is 1. The lowest BCUT2D eigenvalue weighted by atomic mass is 10.0. The molecule has 0 aliphatic rings. The molecule has 0 aliphatic carbocycles. The summed E-state index contributed by atoms with van der Waals surface area (Å²) >= 11 is 0. The number of likely N-dealkylation sites (N-methyl/N-ethyl adjacent to an activating group) is 1. The number of aliphatic hydroxyl groups excluding tert-OH is 1. The Morgan fingerprint density at radius 2 is 0.953 bits per heavy atom. The largest absolute Gasteiger partial charge is 0.756 e. The average Bonchev–Trinajstić information content (AvgIpc) is 3.25. The smallest absolute Gasteiger partial charge is 0.268 e. The number of carbonyl (C=O) groups is 1. The number of quaternary nitrogens is 1. The van der Waals surface area contributed by atoms with Crippen molar-refractivity contribution in [3.8, 4) is 0 Å². The Morgan fingerprint density at radius 3 is 1.39 bits per heavy atom. The Morgan fingerprint density at radius 1 is 0.562 bits per heavy atom. The van der Waals surface area contributed by atoms with Crippen LogP contribution >= 0.6 is 7.82 Å². The van der Waals surface area contributed by atoms with Gasteiger partial charge in [-0.25, -0.2) is 0 Å². The molecule has 0 saturated heterocycles. The minimum atomic E-state index is -4.58. The Hall–Kier alpha value is -2.58. The quantitative estimate of drug-likeness (QED) is 0.0273. The lowest BCUT2D eigenvalue weighted by Gasteiger charge is -2.29. The molecular formula is C55H97N2O6P. The first-order chi connectivity index (χ1) is 31.0. The van der Waals surface area contributed by atoms with Crippen molar-refractivity contribution in [3.05, 3.63) is 97.2 Å². The molecular weight excluding hydrogens is 816 g/mol. The summed E-state index contributed by atoms with van der Waals surface area (Å²) in [6.45, 7) is 4.45. The van der Waals surface area contributed by atoms with Crippen LogP contribution in [0, 0.1) is 0 Å². The molecule has 0 bridgehead atoms. The van der Waals surface area contributed by atoms with E-state index in [1.165, 1.54) is 89.9 Å². The number of phosphoric acid groups is 1. The van der Waals surface area contributed by atoms with Crippen LogP contribution in [0.3, 0.4) is 0 Å². The molecule has 0 aromatic heterocycles. The average molecular weight is 913 g/mol. The van der Waals surface area contributed by atoms with Crippen molar-refractivity contribution in [1.82, 2.24) is 5.32 Å². The highest BCUT2D eigenvalue weighted by Gasteiger charge is 2.23. The number of allylic oxidation sites excluding steroid dienone is 15. The molecule has 64 heavy (non-hydrogen) atoms. The monoisotopic (exact) mass is 913 g/mol. The topological polar surface area (TPSA) is 108 Å². The number of carbonyl (C=O) groups excluding carboxylic acids is 1.